The smallest absolute Gasteiger partial charge is 0.137 e. The van der Waals surface area contributed by atoms with Crippen molar-refractivity contribution < 1.29 is 4.79 Å². The number of Topliss-reactive ketones (excluding diaryl/α,β-unsaturated/α-hetero) is 1. The Morgan fingerprint density at radius 3 is 2.62 bits per heavy atom. The molecule has 0 N–H and O–H groups in total. The molecule has 0 radical (unpaired) electrons. The molecule has 1 nitrogen and oxygen atoms in total. The van der Waals surface area contributed by atoms with Crippen LogP contribution >= 0.6 is 0 Å². The molecule has 0 spiro atoms. The first-order valence-corrected chi connectivity index (χ1v) is 6.59. The van der Waals surface area contributed by atoms with E-state index in [1.165, 1.54) is 6.42 Å². The molecule has 1 heteroatoms. The van der Waals surface area contributed by atoms with Gasteiger partial charge in [0, 0.05) is 12.3 Å². The van der Waals surface area contributed by atoms with Gasteiger partial charge in [0.2, 0.25) is 0 Å². The zero-order valence-electron chi connectivity index (χ0n) is 11.0. The van der Waals surface area contributed by atoms with Crippen molar-refractivity contribution in [2.75, 3.05) is 0 Å². The molecule has 1 saturated carbocycles. The SMILES string of the molecule is C[C@@H]1C=CC[C@@H]2C[C@@H](C(C)(C)C)CC(=O)[C@@H]21. The number of ketones is 1. The second-order valence-electron chi connectivity index (χ2n) is 6.78. The Balaban J connectivity index is 2.17. The first-order chi connectivity index (χ1) is 7.39. The van der Waals surface area contributed by atoms with Crippen LogP contribution in [0, 0.1) is 29.1 Å². The number of fused-ring (bicyclic) bond motifs is 1. The minimum atomic E-state index is 0.283. The number of carbonyl (C=O) groups excluding carboxylic acids is 1. The molecule has 0 aliphatic heterocycles. The van der Waals surface area contributed by atoms with Crippen LogP contribution in [0.4, 0.5) is 0 Å². The minimum absolute atomic E-state index is 0.283. The number of allylic oxidation sites excluding steroid dienone is 2. The predicted octanol–water partition coefficient (Wildman–Crippen LogP) is 3.84. The molecule has 4 atom stereocenters. The molecule has 2 rings (SSSR count). The quantitative estimate of drug-likeness (QED) is 0.567. The van der Waals surface area contributed by atoms with Crippen LogP contribution in [-0.4, -0.2) is 5.78 Å². The predicted molar refractivity (Wildman–Crippen MR) is 67.1 cm³/mol. The Hall–Kier alpha value is -0.590. The molecule has 90 valence electrons. The van der Waals surface area contributed by atoms with Gasteiger partial charge < -0.3 is 0 Å². The van der Waals surface area contributed by atoms with Crippen LogP contribution in [0.15, 0.2) is 12.2 Å². The lowest BCUT2D eigenvalue weighted by atomic mass is 9.60. The van der Waals surface area contributed by atoms with E-state index in [9.17, 15) is 4.79 Å². The maximum atomic E-state index is 12.3. The molecule has 0 aromatic rings. The third-order valence-corrected chi connectivity index (χ3v) is 4.58. The average molecular weight is 220 g/mol. The van der Waals surface area contributed by atoms with Gasteiger partial charge in [-0.15, -0.1) is 0 Å². The third-order valence-electron chi connectivity index (χ3n) is 4.58. The summed E-state index contributed by atoms with van der Waals surface area (Å²) in [5.74, 6) is 2.51. The van der Waals surface area contributed by atoms with Crippen LogP contribution in [0.5, 0.6) is 0 Å². The van der Waals surface area contributed by atoms with Gasteiger partial charge in [-0.2, -0.15) is 0 Å². The van der Waals surface area contributed by atoms with E-state index >= 15 is 0 Å². The molecule has 1 fully saturated rings. The number of carbonyl (C=O) groups is 1. The highest BCUT2D eigenvalue weighted by Crippen LogP contribution is 2.46. The number of rotatable bonds is 0. The van der Waals surface area contributed by atoms with Crippen molar-refractivity contribution in [1.82, 2.24) is 0 Å². The highest BCUT2D eigenvalue weighted by atomic mass is 16.1. The average Bonchev–Trinajstić information content (AvgIpc) is 2.15. The Morgan fingerprint density at radius 2 is 2.00 bits per heavy atom. The summed E-state index contributed by atoms with van der Waals surface area (Å²) in [5, 5.41) is 0. The molecule has 2 aliphatic rings. The lowest BCUT2D eigenvalue weighted by molar-refractivity contribution is -0.132. The molecule has 0 saturated heterocycles. The van der Waals surface area contributed by atoms with Gasteiger partial charge >= 0.3 is 0 Å². The Bertz CT molecular complexity index is 308. The van der Waals surface area contributed by atoms with Gasteiger partial charge in [-0.1, -0.05) is 39.8 Å². The topological polar surface area (TPSA) is 17.1 Å². The van der Waals surface area contributed by atoms with E-state index in [1.54, 1.807) is 0 Å². The van der Waals surface area contributed by atoms with Crippen LogP contribution in [0.2, 0.25) is 0 Å². The van der Waals surface area contributed by atoms with Gasteiger partial charge in [0.1, 0.15) is 5.78 Å². The molecule has 0 amide bonds. The molecule has 2 aliphatic carbocycles. The van der Waals surface area contributed by atoms with Gasteiger partial charge in [-0.3, -0.25) is 4.79 Å². The zero-order valence-corrected chi connectivity index (χ0v) is 11.0. The van der Waals surface area contributed by atoms with Gasteiger partial charge in [-0.05, 0) is 36.0 Å². The van der Waals surface area contributed by atoms with E-state index in [1.807, 2.05) is 0 Å². The fourth-order valence-electron chi connectivity index (χ4n) is 3.45. The van der Waals surface area contributed by atoms with Gasteiger partial charge in [-0.25, -0.2) is 0 Å². The van der Waals surface area contributed by atoms with Crippen molar-refractivity contribution in [2.24, 2.45) is 29.1 Å². The van der Waals surface area contributed by atoms with Crippen molar-refractivity contribution >= 4 is 5.78 Å². The van der Waals surface area contributed by atoms with Crippen molar-refractivity contribution in [3.05, 3.63) is 12.2 Å². The zero-order chi connectivity index (χ0) is 11.9. The van der Waals surface area contributed by atoms with Gasteiger partial charge in [0.05, 0.1) is 0 Å². The number of hydrogen-bond donors (Lipinski definition) is 0. The summed E-state index contributed by atoms with van der Waals surface area (Å²) in [6, 6.07) is 0. The monoisotopic (exact) mass is 220 g/mol. The highest BCUT2D eigenvalue weighted by Gasteiger charge is 2.42. The first kappa shape index (κ1) is 11.9. The first-order valence-electron chi connectivity index (χ1n) is 6.59. The van der Waals surface area contributed by atoms with Crippen molar-refractivity contribution in [3.63, 3.8) is 0 Å². The number of hydrogen-bond acceptors (Lipinski definition) is 1. The van der Waals surface area contributed by atoms with Crippen LogP contribution < -0.4 is 0 Å². The fourth-order valence-corrected chi connectivity index (χ4v) is 3.45. The van der Waals surface area contributed by atoms with E-state index in [-0.39, 0.29) is 5.41 Å². The lowest BCUT2D eigenvalue weighted by Gasteiger charge is -2.43. The lowest BCUT2D eigenvalue weighted by Crippen LogP contribution is -2.41. The molecular weight excluding hydrogens is 196 g/mol. The molecule has 0 bridgehead atoms. The summed E-state index contributed by atoms with van der Waals surface area (Å²) in [6.45, 7) is 9.01. The maximum Gasteiger partial charge on any atom is 0.137 e. The summed E-state index contributed by atoms with van der Waals surface area (Å²) in [7, 11) is 0. The van der Waals surface area contributed by atoms with E-state index < -0.39 is 0 Å². The largest absolute Gasteiger partial charge is 0.299 e. The highest BCUT2D eigenvalue weighted by molar-refractivity contribution is 5.83. The van der Waals surface area contributed by atoms with Gasteiger partial charge in [0.25, 0.3) is 0 Å². The maximum absolute atomic E-state index is 12.3. The normalized spacial score (nSPS) is 39.6. The molecule has 0 unspecified atom stereocenters. The molecule has 0 aromatic heterocycles. The van der Waals surface area contributed by atoms with E-state index in [2.05, 4.69) is 39.8 Å². The van der Waals surface area contributed by atoms with Gasteiger partial charge in [0.15, 0.2) is 0 Å². The Morgan fingerprint density at radius 1 is 1.31 bits per heavy atom. The molecular formula is C15H24O. The third kappa shape index (κ3) is 2.09. The summed E-state index contributed by atoms with van der Waals surface area (Å²) in [4.78, 5) is 12.3. The van der Waals surface area contributed by atoms with Crippen molar-refractivity contribution in [3.8, 4) is 0 Å². The van der Waals surface area contributed by atoms with E-state index in [4.69, 9.17) is 0 Å². The summed E-state index contributed by atoms with van der Waals surface area (Å²) >= 11 is 0. The van der Waals surface area contributed by atoms with Crippen LogP contribution in [0.3, 0.4) is 0 Å². The summed E-state index contributed by atoms with van der Waals surface area (Å²) in [6.07, 6.45) is 7.69. The van der Waals surface area contributed by atoms with Crippen LogP contribution in [-0.2, 0) is 4.79 Å². The minimum Gasteiger partial charge on any atom is -0.299 e. The van der Waals surface area contributed by atoms with E-state index in [0.717, 1.165) is 12.8 Å². The molecule has 0 aromatic carbocycles. The summed E-state index contributed by atoms with van der Waals surface area (Å²) in [5.41, 5.74) is 0.283. The van der Waals surface area contributed by atoms with Crippen molar-refractivity contribution in [2.45, 2.75) is 47.0 Å². The molecule has 16 heavy (non-hydrogen) atoms. The second kappa shape index (κ2) is 4.01. The Kier molecular flexibility index (Phi) is 2.98. The van der Waals surface area contributed by atoms with Crippen molar-refractivity contribution in [1.29, 1.82) is 0 Å². The standard InChI is InChI=1S/C15H24O/c1-10-6-5-7-11-8-12(15(2,3)4)9-13(16)14(10)11/h5-6,10-12,14H,7-9H2,1-4H3/t10-,11-,12-,14-/m1/s1. The summed E-state index contributed by atoms with van der Waals surface area (Å²) < 4.78 is 0. The second-order valence-corrected chi connectivity index (χ2v) is 6.78. The van der Waals surface area contributed by atoms with E-state index in [0.29, 0.717) is 29.5 Å². The van der Waals surface area contributed by atoms with Crippen LogP contribution in [0.1, 0.15) is 47.0 Å². The Labute approximate surface area is 99.3 Å². The van der Waals surface area contributed by atoms with Crippen LogP contribution in [0.25, 0.3) is 0 Å². The fraction of sp³-hybridized carbons (Fsp3) is 0.800. The molecule has 0 heterocycles.